The largest absolute Gasteiger partial charge is 0.493 e. The van der Waals surface area contributed by atoms with E-state index in [0.717, 1.165) is 18.5 Å². The standard InChI is InChI=1S/C20H22N2O4/c1-13(23)22(17-9-10-17)16-7-5-15(6-8-16)21-20(24)14-4-11-18(25-2)19(12-14)26-3/h4-8,11-12,17H,9-10H2,1-3H3,(H,21,24). The van der Waals surface area contributed by atoms with Crippen molar-refractivity contribution in [2.45, 2.75) is 25.8 Å². The molecule has 1 saturated carbocycles. The van der Waals surface area contributed by atoms with E-state index < -0.39 is 0 Å². The second kappa shape index (κ2) is 7.47. The van der Waals surface area contributed by atoms with Crippen molar-refractivity contribution in [2.75, 3.05) is 24.4 Å². The number of rotatable bonds is 6. The van der Waals surface area contributed by atoms with E-state index in [0.29, 0.717) is 28.8 Å². The molecule has 0 unspecified atom stereocenters. The fourth-order valence-electron chi connectivity index (χ4n) is 2.87. The van der Waals surface area contributed by atoms with Gasteiger partial charge < -0.3 is 19.7 Å². The Morgan fingerprint density at radius 1 is 1.00 bits per heavy atom. The average molecular weight is 354 g/mol. The number of methoxy groups -OCH3 is 2. The second-order valence-electron chi connectivity index (χ2n) is 6.19. The Hall–Kier alpha value is -3.02. The average Bonchev–Trinajstić information content (AvgIpc) is 3.47. The van der Waals surface area contributed by atoms with Crippen molar-refractivity contribution in [1.29, 1.82) is 0 Å². The topological polar surface area (TPSA) is 67.9 Å². The summed E-state index contributed by atoms with van der Waals surface area (Å²) in [5.74, 6) is 0.855. The minimum absolute atomic E-state index is 0.0367. The Morgan fingerprint density at radius 3 is 2.19 bits per heavy atom. The first kappa shape index (κ1) is 17.8. The van der Waals surface area contributed by atoms with Gasteiger partial charge in [-0.2, -0.15) is 0 Å². The zero-order valence-electron chi connectivity index (χ0n) is 15.1. The van der Waals surface area contributed by atoms with Crippen molar-refractivity contribution in [3.05, 3.63) is 48.0 Å². The van der Waals surface area contributed by atoms with E-state index in [9.17, 15) is 9.59 Å². The first-order chi connectivity index (χ1) is 12.5. The molecule has 1 fully saturated rings. The quantitative estimate of drug-likeness (QED) is 0.862. The van der Waals surface area contributed by atoms with Crippen molar-refractivity contribution in [2.24, 2.45) is 0 Å². The van der Waals surface area contributed by atoms with Crippen LogP contribution in [0.2, 0.25) is 0 Å². The molecule has 2 aromatic carbocycles. The maximum Gasteiger partial charge on any atom is 0.255 e. The van der Waals surface area contributed by atoms with Crippen LogP contribution in [0.1, 0.15) is 30.1 Å². The predicted octanol–water partition coefficient (Wildman–Crippen LogP) is 3.47. The fraction of sp³-hybridized carbons (Fsp3) is 0.300. The molecule has 1 aliphatic carbocycles. The van der Waals surface area contributed by atoms with E-state index in [-0.39, 0.29) is 11.8 Å². The molecule has 1 aliphatic rings. The van der Waals surface area contributed by atoms with Gasteiger partial charge in [-0.3, -0.25) is 9.59 Å². The van der Waals surface area contributed by atoms with Gasteiger partial charge in [-0.15, -0.1) is 0 Å². The second-order valence-corrected chi connectivity index (χ2v) is 6.19. The van der Waals surface area contributed by atoms with Crippen LogP contribution in [0.5, 0.6) is 11.5 Å². The molecule has 0 radical (unpaired) electrons. The lowest BCUT2D eigenvalue weighted by atomic mass is 10.1. The lowest BCUT2D eigenvalue weighted by Crippen LogP contribution is -2.30. The summed E-state index contributed by atoms with van der Waals surface area (Å²) >= 11 is 0. The zero-order valence-corrected chi connectivity index (χ0v) is 15.1. The van der Waals surface area contributed by atoms with Crippen LogP contribution in [0.4, 0.5) is 11.4 Å². The first-order valence-corrected chi connectivity index (χ1v) is 8.46. The fourth-order valence-corrected chi connectivity index (χ4v) is 2.87. The van der Waals surface area contributed by atoms with Gasteiger partial charge in [0.2, 0.25) is 5.91 Å². The highest BCUT2D eigenvalue weighted by molar-refractivity contribution is 6.04. The van der Waals surface area contributed by atoms with Gasteiger partial charge in [-0.25, -0.2) is 0 Å². The molecule has 2 aromatic rings. The normalized spacial score (nSPS) is 13.0. The Morgan fingerprint density at radius 2 is 1.65 bits per heavy atom. The van der Waals surface area contributed by atoms with Gasteiger partial charge in [-0.05, 0) is 55.3 Å². The van der Waals surface area contributed by atoms with E-state index in [2.05, 4.69) is 5.32 Å². The van der Waals surface area contributed by atoms with E-state index in [1.807, 2.05) is 12.1 Å². The molecule has 6 heteroatoms. The van der Waals surface area contributed by atoms with E-state index in [1.165, 1.54) is 7.11 Å². The molecule has 136 valence electrons. The van der Waals surface area contributed by atoms with Gasteiger partial charge in [0.15, 0.2) is 11.5 Å². The van der Waals surface area contributed by atoms with Crippen LogP contribution in [0.25, 0.3) is 0 Å². The van der Waals surface area contributed by atoms with Crippen molar-refractivity contribution < 1.29 is 19.1 Å². The third kappa shape index (κ3) is 3.79. The molecule has 2 amide bonds. The lowest BCUT2D eigenvalue weighted by molar-refractivity contribution is -0.116. The monoisotopic (exact) mass is 354 g/mol. The smallest absolute Gasteiger partial charge is 0.255 e. The number of benzene rings is 2. The SMILES string of the molecule is COc1ccc(C(=O)Nc2ccc(N(C(C)=O)C3CC3)cc2)cc1OC. The number of hydrogen-bond donors (Lipinski definition) is 1. The van der Waals surface area contributed by atoms with Crippen LogP contribution in [0, 0.1) is 0 Å². The first-order valence-electron chi connectivity index (χ1n) is 8.46. The molecule has 0 atom stereocenters. The van der Waals surface area contributed by atoms with Crippen LogP contribution in [0.3, 0.4) is 0 Å². The summed E-state index contributed by atoms with van der Waals surface area (Å²) in [4.78, 5) is 26.1. The lowest BCUT2D eigenvalue weighted by Gasteiger charge is -2.21. The molecule has 6 nitrogen and oxygen atoms in total. The minimum atomic E-state index is -0.246. The number of carbonyl (C=O) groups excluding carboxylic acids is 2. The molecular formula is C20H22N2O4. The van der Waals surface area contributed by atoms with E-state index in [4.69, 9.17) is 9.47 Å². The highest BCUT2D eigenvalue weighted by atomic mass is 16.5. The molecule has 1 N–H and O–H groups in total. The Labute approximate surface area is 152 Å². The van der Waals surface area contributed by atoms with Gasteiger partial charge in [0.25, 0.3) is 5.91 Å². The number of hydrogen-bond acceptors (Lipinski definition) is 4. The molecule has 0 aliphatic heterocycles. The van der Waals surface area contributed by atoms with Gasteiger partial charge in [-0.1, -0.05) is 0 Å². The summed E-state index contributed by atoms with van der Waals surface area (Å²) in [5.41, 5.74) is 1.98. The van der Waals surface area contributed by atoms with Gasteiger partial charge >= 0.3 is 0 Å². The molecular weight excluding hydrogens is 332 g/mol. The minimum Gasteiger partial charge on any atom is -0.493 e. The Balaban J connectivity index is 1.72. The van der Waals surface area contributed by atoms with Crippen molar-refractivity contribution in [1.82, 2.24) is 0 Å². The molecule has 26 heavy (non-hydrogen) atoms. The molecule has 0 spiro atoms. The molecule has 0 heterocycles. The number of carbonyl (C=O) groups is 2. The third-order valence-corrected chi connectivity index (χ3v) is 4.30. The number of anilines is 2. The van der Waals surface area contributed by atoms with Crippen LogP contribution in [-0.2, 0) is 4.79 Å². The van der Waals surface area contributed by atoms with Crippen LogP contribution in [-0.4, -0.2) is 32.1 Å². The van der Waals surface area contributed by atoms with Crippen molar-refractivity contribution >= 4 is 23.2 Å². The van der Waals surface area contributed by atoms with E-state index >= 15 is 0 Å². The van der Waals surface area contributed by atoms with Gasteiger partial charge in [0, 0.05) is 29.9 Å². The molecule has 0 aromatic heterocycles. The molecule has 3 rings (SSSR count). The van der Waals surface area contributed by atoms with Crippen LogP contribution >= 0.6 is 0 Å². The summed E-state index contributed by atoms with van der Waals surface area (Å²) in [6, 6.07) is 12.6. The van der Waals surface area contributed by atoms with Gasteiger partial charge in [0.1, 0.15) is 0 Å². The third-order valence-electron chi connectivity index (χ3n) is 4.30. The maximum atomic E-state index is 12.5. The Bertz CT molecular complexity index is 813. The highest BCUT2D eigenvalue weighted by Gasteiger charge is 2.31. The zero-order chi connectivity index (χ0) is 18.7. The maximum absolute atomic E-state index is 12.5. The number of nitrogens with zero attached hydrogens (tertiary/aromatic N) is 1. The van der Waals surface area contributed by atoms with Crippen molar-refractivity contribution in [3.63, 3.8) is 0 Å². The molecule has 0 bridgehead atoms. The summed E-state index contributed by atoms with van der Waals surface area (Å²) < 4.78 is 10.4. The summed E-state index contributed by atoms with van der Waals surface area (Å²) in [5, 5.41) is 2.85. The van der Waals surface area contributed by atoms with Crippen molar-refractivity contribution in [3.8, 4) is 11.5 Å². The van der Waals surface area contributed by atoms with Gasteiger partial charge in [0.05, 0.1) is 14.2 Å². The number of amides is 2. The highest BCUT2D eigenvalue weighted by Crippen LogP contribution is 2.32. The van der Waals surface area contributed by atoms with Crippen LogP contribution < -0.4 is 19.7 Å². The summed E-state index contributed by atoms with van der Waals surface area (Å²) in [6.45, 7) is 1.57. The number of nitrogens with one attached hydrogen (secondary N) is 1. The summed E-state index contributed by atoms with van der Waals surface area (Å²) in [7, 11) is 3.07. The Kier molecular flexibility index (Phi) is 5.11. The predicted molar refractivity (Wildman–Crippen MR) is 100 cm³/mol. The van der Waals surface area contributed by atoms with Crippen LogP contribution in [0.15, 0.2) is 42.5 Å². The summed E-state index contributed by atoms with van der Waals surface area (Å²) in [6.07, 6.45) is 2.08. The molecule has 0 saturated heterocycles. The number of ether oxygens (including phenoxy) is 2. The van der Waals surface area contributed by atoms with E-state index in [1.54, 1.807) is 49.3 Å².